The summed E-state index contributed by atoms with van der Waals surface area (Å²) in [5.41, 5.74) is 3.55. The summed E-state index contributed by atoms with van der Waals surface area (Å²) in [5, 5.41) is 30.0. The quantitative estimate of drug-likeness (QED) is 0.511. The molecule has 0 aliphatic heterocycles. The smallest absolute Gasteiger partial charge is 0.276 e. The van der Waals surface area contributed by atoms with Crippen molar-refractivity contribution in [2.75, 3.05) is 5.32 Å². The van der Waals surface area contributed by atoms with Gasteiger partial charge in [0.2, 0.25) is 0 Å². The number of hydrogen-bond donors (Lipinski definition) is 3. The van der Waals surface area contributed by atoms with Gasteiger partial charge in [0.1, 0.15) is 0 Å². The van der Waals surface area contributed by atoms with Crippen LogP contribution in [-0.2, 0) is 6.54 Å². The minimum atomic E-state index is -0.327. The van der Waals surface area contributed by atoms with E-state index in [1.54, 1.807) is 29.5 Å². The van der Waals surface area contributed by atoms with Gasteiger partial charge >= 0.3 is 0 Å². The molecule has 0 saturated heterocycles. The van der Waals surface area contributed by atoms with E-state index in [1.165, 1.54) is 0 Å². The Labute approximate surface area is 147 Å². The summed E-state index contributed by atoms with van der Waals surface area (Å²) in [6, 6.07) is 7.75. The molecular formula is C17H14N8O. The van der Waals surface area contributed by atoms with Gasteiger partial charge in [0.25, 0.3) is 5.91 Å². The van der Waals surface area contributed by atoms with Gasteiger partial charge in [0, 0.05) is 23.3 Å². The summed E-state index contributed by atoms with van der Waals surface area (Å²) in [4.78, 5) is 12.5. The first-order valence-electron chi connectivity index (χ1n) is 7.92. The Balaban J connectivity index is 1.55. The fraction of sp³-hybridized carbons (Fsp3) is 0.118. The number of aromatic amines is 2. The van der Waals surface area contributed by atoms with E-state index >= 15 is 0 Å². The standard InChI is InChI=1S/C17H14N8O/c18-4-1-5-25-10-13(9-21-25)22-17(26)16-14-3-2-11(6-15(14)23-24-16)12-7-19-20-8-12/h2-3,6-10H,1,5H2,(H,19,20)(H,22,26)(H,23,24). The van der Waals surface area contributed by atoms with E-state index in [4.69, 9.17) is 5.26 Å². The zero-order valence-electron chi connectivity index (χ0n) is 13.6. The van der Waals surface area contributed by atoms with Gasteiger partial charge in [-0.05, 0) is 17.7 Å². The molecule has 0 aliphatic rings. The van der Waals surface area contributed by atoms with Crippen molar-refractivity contribution in [1.29, 1.82) is 5.26 Å². The summed E-state index contributed by atoms with van der Waals surface area (Å²) < 4.78 is 1.61. The van der Waals surface area contributed by atoms with E-state index in [0.717, 1.165) is 22.0 Å². The second-order valence-electron chi connectivity index (χ2n) is 5.67. The molecule has 3 N–H and O–H groups in total. The first-order chi connectivity index (χ1) is 12.7. The highest BCUT2D eigenvalue weighted by atomic mass is 16.2. The van der Waals surface area contributed by atoms with Crippen LogP contribution in [0.4, 0.5) is 5.69 Å². The number of anilines is 1. The molecule has 3 aromatic heterocycles. The van der Waals surface area contributed by atoms with Gasteiger partial charge in [-0.25, -0.2) is 0 Å². The number of H-pyrrole nitrogens is 2. The van der Waals surface area contributed by atoms with Crippen LogP contribution in [0, 0.1) is 11.3 Å². The van der Waals surface area contributed by atoms with Crippen molar-refractivity contribution in [1.82, 2.24) is 30.2 Å². The number of aryl methyl sites for hydroxylation is 1. The molecule has 1 amide bonds. The maximum absolute atomic E-state index is 12.5. The topological polar surface area (TPSA) is 128 Å². The Morgan fingerprint density at radius 1 is 1.31 bits per heavy atom. The predicted octanol–water partition coefficient (Wildman–Crippen LogP) is 2.32. The number of carbonyl (C=O) groups excluding carboxylic acids is 1. The second kappa shape index (κ2) is 6.52. The van der Waals surface area contributed by atoms with E-state index in [1.807, 2.05) is 18.2 Å². The van der Waals surface area contributed by atoms with Gasteiger partial charge < -0.3 is 5.32 Å². The van der Waals surface area contributed by atoms with Gasteiger partial charge in [0.15, 0.2) is 5.69 Å². The molecule has 4 rings (SSSR count). The van der Waals surface area contributed by atoms with Crippen LogP contribution < -0.4 is 5.32 Å². The minimum Gasteiger partial charge on any atom is -0.318 e. The molecule has 3 heterocycles. The number of benzene rings is 1. The Hall–Kier alpha value is -3.93. The van der Waals surface area contributed by atoms with Crippen molar-refractivity contribution in [2.45, 2.75) is 13.0 Å². The minimum absolute atomic E-state index is 0.309. The molecule has 0 unspecified atom stereocenters. The first-order valence-corrected chi connectivity index (χ1v) is 7.92. The van der Waals surface area contributed by atoms with Crippen molar-refractivity contribution < 1.29 is 4.79 Å². The molecule has 26 heavy (non-hydrogen) atoms. The zero-order valence-corrected chi connectivity index (χ0v) is 13.6. The van der Waals surface area contributed by atoms with Gasteiger partial charge in [-0.3, -0.25) is 19.7 Å². The van der Waals surface area contributed by atoms with Crippen molar-refractivity contribution in [3.05, 3.63) is 48.7 Å². The Morgan fingerprint density at radius 3 is 3.04 bits per heavy atom. The van der Waals surface area contributed by atoms with Crippen LogP contribution in [0.3, 0.4) is 0 Å². The number of hydrogen-bond acceptors (Lipinski definition) is 5. The van der Waals surface area contributed by atoms with E-state index < -0.39 is 0 Å². The number of amides is 1. The lowest BCUT2D eigenvalue weighted by atomic mass is 10.1. The molecular weight excluding hydrogens is 332 g/mol. The van der Waals surface area contributed by atoms with Crippen molar-refractivity contribution in [3.8, 4) is 17.2 Å². The highest BCUT2D eigenvalue weighted by molar-refractivity contribution is 6.11. The monoisotopic (exact) mass is 346 g/mol. The third-order valence-corrected chi connectivity index (χ3v) is 3.95. The van der Waals surface area contributed by atoms with Crippen LogP contribution in [0.2, 0.25) is 0 Å². The van der Waals surface area contributed by atoms with E-state index in [0.29, 0.717) is 24.3 Å². The van der Waals surface area contributed by atoms with E-state index in [-0.39, 0.29) is 5.91 Å². The number of nitrogens with zero attached hydrogens (tertiary/aromatic N) is 5. The zero-order chi connectivity index (χ0) is 17.9. The van der Waals surface area contributed by atoms with Gasteiger partial charge in [-0.1, -0.05) is 6.07 Å². The second-order valence-corrected chi connectivity index (χ2v) is 5.67. The fourth-order valence-electron chi connectivity index (χ4n) is 2.69. The Kier molecular flexibility index (Phi) is 3.91. The van der Waals surface area contributed by atoms with E-state index in [9.17, 15) is 4.79 Å². The predicted molar refractivity (Wildman–Crippen MR) is 94.1 cm³/mol. The molecule has 4 aromatic rings. The van der Waals surface area contributed by atoms with Crippen LogP contribution in [-0.4, -0.2) is 36.1 Å². The number of carbonyl (C=O) groups is 1. The Bertz CT molecular complexity index is 1100. The van der Waals surface area contributed by atoms with Crippen LogP contribution in [0.1, 0.15) is 16.9 Å². The largest absolute Gasteiger partial charge is 0.318 e. The first kappa shape index (κ1) is 15.6. The molecule has 0 radical (unpaired) electrons. The summed E-state index contributed by atoms with van der Waals surface area (Å²) in [5.74, 6) is -0.327. The lowest BCUT2D eigenvalue weighted by Crippen LogP contribution is -2.12. The van der Waals surface area contributed by atoms with E-state index in [2.05, 4.69) is 36.9 Å². The van der Waals surface area contributed by atoms with Crippen molar-refractivity contribution in [2.24, 2.45) is 0 Å². The normalized spacial score (nSPS) is 10.7. The number of aromatic nitrogens is 6. The highest BCUT2D eigenvalue weighted by Gasteiger charge is 2.15. The summed E-state index contributed by atoms with van der Waals surface area (Å²) in [7, 11) is 0. The molecule has 1 aromatic carbocycles. The molecule has 0 atom stereocenters. The molecule has 9 nitrogen and oxygen atoms in total. The Morgan fingerprint density at radius 2 is 2.23 bits per heavy atom. The average molecular weight is 346 g/mol. The maximum atomic E-state index is 12.5. The van der Waals surface area contributed by atoms with Gasteiger partial charge in [-0.15, -0.1) is 0 Å². The van der Waals surface area contributed by atoms with Crippen LogP contribution in [0.25, 0.3) is 22.0 Å². The molecule has 0 aliphatic carbocycles. The van der Waals surface area contributed by atoms with Crippen LogP contribution in [0.15, 0.2) is 43.0 Å². The lowest BCUT2D eigenvalue weighted by Gasteiger charge is -2.01. The van der Waals surface area contributed by atoms with Crippen molar-refractivity contribution in [3.63, 3.8) is 0 Å². The fourth-order valence-corrected chi connectivity index (χ4v) is 2.69. The van der Waals surface area contributed by atoms with Crippen molar-refractivity contribution >= 4 is 22.5 Å². The molecule has 9 heteroatoms. The highest BCUT2D eigenvalue weighted by Crippen LogP contribution is 2.24. The maximum Gasteiger partial charge on any atom is 0.276 e. The van der Waals surface area contributed by atoms with Crippen LogP contribution >= 0.6 is 0 Å². The molecule has 0 spiro atoms. The van der Waals surface area contributed by atoms with Crippen LogP contribution in [0.5, 0.6) is 0 Å². The third kappa shape index (κ3) is 2.91. The number of nitrogens with one attached hydrogen (secondary N) is 3. The number of fused-ring (bicyclic) bond motifs is 1. The molecule has 128 valence electrons. The molecule has 0 bridgehead atoms. The summed E-state index contributed by atoms with van der Waals surface area (Å²) >= 11 is 0. The lowest BCUT2D eigenvalue weighted by molar-refractivity contribution is 0.102. The molecule has 0 fully saturated rings. The average Bonchev–Trinajstić information content (AvgIpc) is 3.39. The SMILES string of the molecule is N#CCCn1cc(NC(=O)c2n[nH]c3cc(-c4cn[nH]c4)ccc23)cn1. The summed E-state index contributed by atoms with van der Waals surface area (Å²) in [6.45, 7) is 0.481. The third-order valence-electron chi connectivity index (χ3n) is 3.95. The van der Waals surface area contributed by atoms with Gasteiger partial charge in [0.05, 0.1) is 42.6 Å². The van der Waals surface area contributed by atoms with Gasteiger partial charge in [-0.2, -0.15) is 20.6 Å². The number of rotatable bonds is 5. The number of nitriles is 1. The molecule has 0 saturated carbocycles. The summed E-state index contributed by atoms with van der Waals surface area (Å²) in [6.07, 6.45) is 7.12.